The van der Waals surface area contributed by atoms with Gasteiger partial charge in [-0.25, -0.2) is 0 Å². The summed E-state index contributed by atoms with van der Waals surface area (Å²) in [6.07, 6.45) is -3.52. The molecule has 0 N–H and O–H groups in total. The highest BCUT2D eigenvalue weighted by molar-refractivity contribution is 5.60. The number of halogens is 3. The van der Waals surface area contributed by atoms with Gasteiger partial charge in [0.25, 0.3) is 0 Å². The summed E-state index contributed by atoms with van der Waals surface area (Å²) in [7, 11) is 1.55. The summed E-state index contributed by atoms with van der Waals surface area (Å²) in [5.74, 6) is 0.686. The van der Waals surface area contributed by atoms with Crippen LogP contribution in [0.2, 0.25) is 0 Å². The van der Waals surface area contributed by atoms with Crippen molar-refractivity contribution in [3.8, 4) is 17.0 Å². The quantitative estimate of drug-likeness (QED) is 0.812. The molecule has 2 rings (SSSR count). The van der Waals surface area contributed by atoms with Crippen LogP contribution in [0.15, 0.2) is 42.6 Å². The minimum absolute atomic E-state index is 0.491. The molecule has 0 fully saturated rings. The Morgan fingerprint density at radius 3 is 2.11 bits per heavy atom. The van der Waals surface area contributed by atoms with Gasteiger partial charge in [-0.15, -0.1) is 0 Å². The minimum atomic E-state index is -4.36. The van der Waals surface area contributed by atoms with Crippen LogP contribution in [-0.2, 0) is 6.18 Å². The lowest BCUT2D eigenvalue weighted by Gasteiger charge is -2.07. The second-order valence-corrected chi connectivity index (χ2v) is 3.66. The number of ether oxygens (including phenoxy) is 1. The Bertz CT molecular complexity index is 517. The van der Waals surface area contributed by atoms with Crippen molar-refractivity contribution in [3.05, 3.63) is 48.2 Å². The van der Waals surface area contributed by atoms with Crippen LogP contribution in [0, 0.1) is 0 Å². The van der Waals surface area contributed by atoms with Crippen molar-refractivity contribution in [3.63, 3.8) is 0 Å². The molecule has 5 heteroatoms. The molecule has 2 aromatic rings. The van der Waals surface area contributed by atoms with Crippen LogP contribution in [0.25, 0.3) is 11.3 Å². The molecule has 0 saturated carbocycles. The van der Waals surface area contributed by atoms with E-state index in [0.29, 0.717) is 11.4 Å². The van der Waals surface area contributed by atoms with E-state index in [9.17, 15) is 13.2 Å². The van der Waals surface area contributed by atoms with E-state index in [1.807, 2.05) is 0 Å². The van der Waals surface area contributed by atoms with Crippen molar-refractivity contribution >= 4 is 0 Å². The Kier molecular flexibility index (Phi) is 3.23. The van der Waals surface area contributed by atoms with E-state index in [4.69, 9.17) is 4.74 Å². The van der Waals surface area contributed by atoms with Gasteiger partial charge < -0.3 is 4.74 Å². The van der Waals surface area contributed by atoms with Crippen molar-refractivity contribution < 1.29 is 17.9 Å². The van der Waals surface area contributed by atoms with Gasteiger partial charge in [-0.3, -0.25) is 4.98 Å². The van der Waals surface area contributed by atoms with E-state index in [1.165, 1.54) is 6.07 Å². The van der Waals surface area contributed by atoms with Gasteiger partial charge in [0.2, 0.25) is 0 Å². The largest absolute Gasteiger partial charge is 0.497 e. The zero-order valence-electron chi connectivity index (χ0n) is 9.53. The van der Waals surface area contributed by atoms with E-state index >= 15 is 0 Å². The van der Waals surface area contributed by atoms with Gasteiger partial charge in [0, 0.05) is 11.8 Å². The number of nitrogens with zero attached hydrogens (tertiary/aromatic N) is 1. The molecule has 1 aromatic carbocycles. The van der Waals surface area contributed by atoms with Crippen molar-refractivity contribution in [1.29, 1.82) is 0 Å². The number of pyridine rings is 1. The average molecular weight is 253 g/mol. The fraction of sp³-hybridized carbons (Fsp3) is 0.154. The van der Waals surface area contributed by atoms with Gasteiger partial charge in [0.15, 0.2) is 0 Å². The molecule has 0 aliphatic carbocycles. The molecule has 0 unspecified atom stereocenters. The summed E-state index contributed by atoms with van der Waals surface area (Å²) in [6, 6.07) is 9.32. The topological polar surface area (TPSA) is 22.1 Å². The van der Waals surface area contributed by atoms with Crippen LogP contribution in [0.3, 0.4) is 0 Å². The Balaban J connectivity index is 2.28. The number of hydrogen-bond acceptors (Lipinski definition) is 2. The first-order chi connectivity index (χ1) is 8.50. The fourth-order valence-corrected chi connectivity index (χ4v) is 1.49. The summed E-state index contributed by atoms with van der Waals surface area (Å²) in [6.45, 7) is 0. The lowest BCUT2D eigenvalue weighted by molar-refractivity contribution is -0.137. The monoisotopic (exact) mass is 253 g/mol. The standard InChI is InChI=1S/C13H10F3NO/c1-18-11-5-2-9(3-6-11)12-7-4-10(8-17-12)13(14,15)16/h2-8H,1H3. The first-order valence-corrected chi connectivity index (χ1v) is 5.18. The minimum Gasteiger partial charge on any atom is -0.497 e. The van der Waals surface area contributed by atoms with Crippen molar-refractivity contribution in [1.82, 2.24) is 4.98 Å². The second-order valence-electron chi connectivity index (χ2n) is 3.66. The van der Waals surface area contributed by atoms with Crippen molar-refractivity contribution in [2.45, 2.75) is 6.18 Å². The maximum atomic E-state index is 12.4. The van der Waals surface area contributed by atoms with Crippen LogP contribution in [0.4, 0.5) is 13.2 Å². The lowest BCUT2D eigenvalue weighted by Crippen LogP contribution is -2.05. The Labute approximate surface area is 102 Å². The predicted octanol–water partition coefficient (Wildman–Crippen LogP) is 3.78. The molecule has 0 atom stereocenters. The predicted molar refractivity (Wildman–Crippen MR) is 61.2 cm³/mol. The number of aromatic nitrogens is 1. The zero-order valence-corrected chi connectivity index (χ0v) is 9.53. The summed E-state index contributed by atoms with van der Waals surface area (Å²) >= 11 is 0. The summed E-state index contributed by atoms with van der Waals surface area (Å²) in [5, 5.41) is 0. The van der Waals surface area contributed by atoms with E-state index < -0.39 is 11.7 Å². The summed E-state index contributed by atoms with van der Waals surface area (Å²) < 4.78 is 42.1. The molecule has 18 heavy (non-hydrogen) atoms. The Morgan fingerprint density at radius 1 is 1.00 bits per heavy atom. The molecule has 0 bridgehead atoms. The molecule has 1 aromatic heterocycles. The summed E-state index contributed by atoms with van der Waals surface area (Å²) in [4.78, 5) is 3.81. The van der Waals surface area contributed by atoms with Gasteiger partial charge in [0.1, 0.15) is 5.75 Å². The third-order valence-electron chi connectivity index (χ3n) is 2.48. The van der Waals surface area contributed by atoms with Gasteiger partial charge in [-0.1, -0.05) is 0 Å². The average Bonchev–Trinajstić information content (AvgIpc) is 2.38. The van der Waals surface area contributed by atoms with Crippen molar-refractivity contribution in [2.75, 3.05) is 7.11 Å². The third kappa shape index (κ3) is 2.61. The highest BCUT2D eigenvalue weighted by atomic mass is 19.4. The van der Waals surface area contributed by atoms with Gasteiger partial charge in [-0.05, 0) is 36.4 Å². The fourth-order valence-electron chi connectivity index (χ4n) is 1.49. The molecule has 0 aliphatic heterocycles. The maximum absolute atomic E-state index is 12.4. The molecule has 0 saturated heterocycles. The van der Waals surface area contributed by atoms with Crippen LogP contribution in [-0.4, -0.2) is 12.1 Å². The van der Waals surface area contributed by atoms with Gasteiger partial charge in [0.05, 0.1) is 18.4 Å². The van der Waals surface area contributed by atoms with Crippen molar-refractivity contribution in [2.24, 2.45) is 0 Å². The van der Waals surface area contributed by atoms with Crippen LogP contribution in [0.1, 0.15) is 5.56 Å². The Morgan fingerprint density at radius 2 is 1.67 bits per heavy atom. The van der Waals surface area contributed by atoms with Crippen LogP contribution < -0.4 is 4.74 Å². The Hall–Kier alpha value is -2.04. The number of alkyl halides is 3. The first-order valence-electron chi connectivity index (χ1n) is 5.18. The molecule has 0 aliphatic rings. The smallest absolute Gasteiger partial charge is 0.417 e. The second kappa shape index (κ2) is 4.68. The molecule has 2 nitrogen and oxygen atoms in total. The van der Waals surface area contributed by atoms with Gasteiger partial charge in [-0.2, -0.15) is 13.2 Å². The number of hydrogen-bond donors (Lipinski definition) is 0. The van der Waals surface area contributed by atoms with Gasteiger partial charge >= 0.3 is 6.18 Å². The number of benzene rings is 1. The molecular formula is C13H10F3NO. The zero-order chi connectivity index (χ0) is 13.2. The molecule has 0 radical (unpaired) electrons. The first kappa shape index (κ1) is 12.4. The third-order valence-corrected chi connectivity index (χ3v) is 2.48. The van der Waals surface area contributed by atoms with E-state index in [-0.39, 0.29) is 0 Å². The molecule has 94 valence electrons. The summed E-state index contributed by atoms with van der Waals surface area (Å²) in [5.41, 5.74) is 0.481. The van der Waals surface area contributed by atoms with Crippen LogP contribution in [0.5, 0.6) is 5.75 Å². The highest BCUT2D eigenvalue weighted by Crippen LogP contribution is 2.29. The van der Waals surface area contributed by atoms with E-state index in [2.05, 4.69) is 4.98 Å². The van der Waals surface area contributed by atoms with Crippen LogP contribution >= 0.6 is 0 Å². The van der Waals surface area contributed by atoms with E-state index in [0.717, 1.165) is 17.8 Å². The number of rotatable bonds is 2. The highest BCUT2D eigenvalue weighted by Gasteiger charge is 2.30. The molecule has 0 amide bonds. The molecule has 1 heterocycles. The lowest BCUT2D eigenvalue weighted by atomic mass is 10.1. The molecule has 0 spiro atoms. The van der Waals surface area contributed by atoms with E-state index in [1.54, 1.807) is 31.4 Å². The maximum Gasteiger partial charge on any atom is 0.417 e. The SMILES string of the molecule is COc1ccc(-c2ccc(C(F)(F)F)cn2)cc1. The normalized spacial score (nSPS) is 11.3. The molecular weight excluding hydrogens is 243 g/mol. The number of methoxy groups -OCH3 is 1.